The lowest BCUT2D eigenvalue weighted by Crippen LogP contribution is -2.05. The molecule has 2 rings (SSSR count). The lowest BCUT2D eigenvalue weighted by Gasteiger charge is -2.21. The second kappa shape index (κ2) is 5.69. The van der Waals surface area contributed by atoms with Crippen LogP contribution in [0, 0.1) is 6.92 Å². The van der Waals surface area contributed by atoms with Gasteiger partial charge in [0.25, 0.3) is 0 Å². The van der Waals surface area contributed by atoms with Gasteiger partial charge in [0.15, 0.2) is 0 Å². The molecule has 0 spiro atoms. The average molecular weight is 203 g/mol. The van der Waals surface area contributed by atoms with Gasteiger partial charge in [-0.3, -0.25) is 4.98 Å². The maximum absolute atomic E-state index is 4.22. The van der Waals surface area contributed by atoms with Crippen LogP contribution in [0.2, 0.25) is 0 Å². The molecule has 1 aliphatic carbocycles. The summed E-state index contributed by atoms with van der Waals surface area (Å²) in [6.45, 7) is 8.42. The van der Waals surface area contributed by atoms with Gasteiger partial charge in [-0.15, -0.1) is 0 Å². The van der Waals surface area contributed by atoms with Gasteiger partial charge in [0.05, 0.1) is 0 Å². The summed E-state index contributed by atoms with van der Waals surface area (Å²) in [5.41, 5.74) is 4.17. The van der Waals surface area contributed by atoms with E-state index < -0.39 is 0 Å². The smallest absolute Gasteiger partial charge is 0.0343 e. The molecule has 1 heteroatoms. The van der Waals surface area contributed by atoms with Gasteiger partial charge < -0.3 is 0 Å². The fourth-order valence-corrected chi connectivity index (χ4v) is 2.13. The van der Waals surface area contributed by atoms with Crippen LogP contribution in [0.4, 0.5) is 0 Å². The molecule has 82 valence electrons. The first-order chi connectivity index (χ1) is 7.33. The standard InChI is InChI=1S/C12H15N.C2H6/c1-3-10-5-4-6-11-8-13-7-9(2)12(10)11;1-2/h4,6-8,10H,3,5H2,1-2H3;1-2H3. The molecule has 1 nitrogen and oxygen atoms in total. The van der Waals surface area contributed by atoms with E-state index in [1.165, 1.54) is 29.5 Å². The molecule has 1 unspecified atom stereocenters. The number of aromatic nitrogens is 1. The number of pyridine rings is 1. The molecule has 0 bridgehead atoms. The maximum Gasteiger partial charge on any atom is 0.0343 e. The van der Waals surface area contributed by atoms with Gasteiger partial charge in [0.2, 0.25) is 0 Å². The van der Waals surface area contributed by atoms with Crippen LogP contribution in [0.3, 0.4) is 0 Å². The summed E-state index contributed by atoms with van der Waals surface area (Å²) in [5, 5.41) is 0. The topological polar surface area (TPSA) is 12.9 Å². The Labute approximate surface area is 93.2 Å². The molecule has 0 aromatic carbocycles. The van der Waals surface area contributed by atoms with E-state index in [1.54, 1.807) is 0 Å². The quantitative estimate of drug-likeness (QED) is 0.662. The Morgan fingerprint density at radius 2 is 2.07 bits per heavy atom. The first-order valence-electron chi connectivity index (χ1n) is 5.94. The third kappa shape index (κ3) is 2.47. The van der Waals surface area contributed by atoms with Crippen molar-refractivity contribution >= 4 is 6.08 Å². The maximum atomic E-state index is 4.22. The third-order valence-corrected chi connectivity index (χ3v) is 2.84. The van der Waals surface area contributed by atoms with Crippen LogP contribution < -0.4 is 0 Å². The van der Waals surface area contributed by atoms with E-state index in [-0.39, 0.29) is 0 Å². The molecule has 0 radical (unpaired) electrons. The van der Waals surface area contributed by atoms with Crippen LogP contribution in [0.1, 0.15) is 56.2 Å². The molecule has 0 fully saturated rings. The Hall–Kier alpha value is -1.11. The van der Waals surface area contributed by atoms with Gasteiger partial charge >= 0.3 is 0 Å². The fourth-order valence-electron chi connectivity index (χ4n) is 2.13. The first-order valence-corrected chi connectivity index (χ1v) is 5.94. The minimum atomic E-state index is 0.711. The highest BCUT2D eigenvalue weighted by Gasteiger charge is 2.16. The van der Waals surface area contributed by atoms with Crippen molar-refractivity contribution in [3.63, 3.8) is 0 Å². The summed E-state index contributed by atoms with van der Waals surface area (Å²) >= 11 is 0. The third-order valence-electron chi connectivity index (χ3n) is 2.84. The Bertz CT molecular complexity index is 339. The number of hydrogen-bond donors (Lipinski definition) is 0. The SMILES string of the molecule is CC.CCC1CC=Cc2cncc(C)c21. The lowest BCUT2D eigenvalue weighted by atomic mass is 9.84. The zero-order valence-electron chi connectivity index (χ0n) is 10.2. The Morgan fingerprint density at radius 1 is 1.33 bits per heavy atom. The van der Waals surface area contributed by atoms with Crippen LogP contribution in [-0.2, 0) is 0 Å². The van der Waals surface area contributed by atoms with Crippen LogP contribution in [0.25, 0.3) is 6.08 Å². The lowest BCUT2D eigenvalue weighted by molar-refractivity contribution is 0.662. The summed E-state index contributed by atoms with van der Waals surface area (Å²) in [6.07, 6.45) is 10.8. The molecular formula is C14H21N. The Kier molecular flexibility index (Phi) is 4.54. The van der Waals surface area contributed by atoms with Crippen molar-refractivity contribution < 1.29 is 0 Å². The molecule has 1 atom stereocenters. The molecule has 1 aliphatic rings. The molecule has 0 aliphatic heterocycles. The second-order valence-electron chi connectivity index (χ2n) is 3.70. The summed E-state index contributed by atoms with van der Waals surface area (Å²) in [7, 11) is 0. The van der Waals surface area contributed by atoms with Gasteiger partial charge in [-0.1, -0.05) is 32.9 Å². The van der Waals surface area contributed by atoms with Gasteiger partial charge in [-0.25, -0.2) is 0 Å². The van der Waals surface area contributed by atoms with Crippen molar-refractivity contribution in [1.29, 1.82) is 0 Å². The van der Waals surface area contributed by atoms with Gasteiger partial charge in [-0.05, 0) is 42.4 Å². The van der Waals surface area contributed by atoms with Gasteiger partial charge in [0, 0.05) is 12.4 Å². The van der Waals surface area contributed by atoms with E-state index in [4.69, 9.17) is 0 Å². The number of hydrogen-bond acceptors (Lipinski definition) is 1. The van der Waals surface area contributed by atoms with Crippen LogP contribution in [0.5, 0.6) is 0 Å². The van der Waals surface area contributed by atoms with Crippen LogP contribution in [-0.4, -0.2) is 4.98 Å². The summed E-state index contributed by atoms with van der Waals surface area (Å²) in [4.78, 5) is 4.22. The molecule has 1 aromatic rings. The largest absolute Gasteiger partial charge is 0.264 e. The van der Waals surface area contributed by atoms with Crippen LogP contribution >= 0.6 is 0 Å². The van der Waals surface area contributed by atoms with E-state index in [0.717, 1.165) is 0 Å². The van der Waals surface area contributed by atoms with E-state index in [9.17, 15) is 0 Å². The second-order valence-corrected chi connectivity index (χ2v) is 3.70. The van der Waals surface area contributed by atoms with Crippen molar-refractivity contribution in [3.05, 3.63) is 35.2 Å². The van der Waals surface area contributed by atoms with Crippen molar-refractivity contribution in [3.8, 4) is 0 Å². The van der Waals surface area contributed by atoms with Gasteiger partial charge in [-0.2, -0.15) is 0 Å². The zero-order valence-corrected chi connectivity index (χ0v) is 10.2. The van der Waals surface area contributed by atoms with Crippen molar-refractivity contribution in [1.82, 2.24) is 4.98 Å². The predicted molar refractivity (Wildman–Crippen MR) is 67.0 cm³/mol. The van der Waals surface area contributed by atoms with Crippen molar-refractivity contribution in [2.24, 2.45) is 0 Å². The minimum absolute atomic E-state index is 0.711. The Morgan fingerprint density at radius 3 is 2.73 bits per heavy atom. The first kappa shape index (κ1) is 12.0. The summed E-state index contributed by atoms with van der Waals surface area (Å²) < 4.78 is 0. The average Bonchev–Trinajstić information content (AvgIpc) is 2.31. The number of fused-ring (bicyclic) bond motifs is 1. The molecule has 15 heavy (non-hydrogen) atoms. The number of rotatable bonds is 1. The number of aryl methyl sites for hydroxylation is 1. The highest BCUT2D eigenvalue weighted by molar-refractivity contribution is 5.58. The van der Waals surface area contributed by atoms with E-state index in [0.29, 0.717) is 5.92 Å². The number of allylic oxidation sites excluding steroid dienone is 1. The molecule has 0 N–H and O–H groups in total. The summed E-state index contributed by atoms with van der Waals surface area (Å²) in [5.74, 6) is 0.711. The fraction of sp³-hybridized carbons (Fsp3) is 0.500. The van der Waals surface area contributed by atoms with E-state index in [1.807, 2.05) is 26.2 Å². The highest BCUT2D eigenvalue weighted by Crippen LogP contribution is 2.33. The molecule has 0 saturated carbocycles. The molecule has 0 saturated heterocycles. The van der Waals surface area contributed by atoms with Gasteiger partial charge in [0.1, 0.15) is 0 Å². The van der Waals surface area contributed by atoms with E-state index in [2.05, 4.69) is 31.0 Å². The predicted octanol–water partition coefficient (Wildman–Crippen LogP) is 4.33. The molecule has 0 amide bonds. The highest BCUT2D eigenvalue weighted by atomic mass is 14.6. The number of nitrogens with zero attached hydrogens (tertiary/aromatic N) is 1. The van der Waals surface area contributed by atoms with E-state index >= 15 is 0 Å². The van der Waals surface area contributed by atoms with Crippen molar-refractivity contribution in [2.75, 3.05) is 0 Å². The molecular weight excluding hydrogens is 182 g/mol. The summed E-state index contributed by atoms with van der Waals surface area (Å²) in [6, 6.07) is 0. The Balaban J connectivity index is 0.000000531. The molecule has 1 heterocycles. The minimum Gasteiger partial charge on any atom is -0.264 e. The van der Waals surface area contributed by atoms with Crippen molar-refractivity contribution in [2.45, 2.75) is 46.5 Å². The zero-order chi connectivity index (χ0) is 11.3. The van der Waals surface area contributed by atoms with Crippen LogP contribution in [0.15, 0.2) is 18.5 Å². The molecule has 1 aromatic heterocycles. The normalized spacial score (nSPS) is 17.7. The monoisotopic (exact) mass is 203 g/mol.